The van der Waals surface area contributed by atoms with E-state index in [9.17, 15) is 9.18 Å². The maximum absolute atomic E-state index is 14.2. The Bertz CT molecular complexity index is 892. The standard InChI is InChI=1S/C15H9Br2FN2O/c16-7-10-8(5-6-11(17)13(10)18)14-19-12-4-2-1-3-9(12)15(21)20-14/h1-6H,7H2,(H,19,20,21). The molecule has 0 unspecified atom stereocenters. The summed E-state index contributed by atoms with van der Waals surface area (Å²) in [5.74, 6) is -0.000248. The van der Waals surface area contributed by atoms with Crippen molar-refractivity contribution >= 4 is 42.8 Å². The van der Waals surface area contributed by atoms with Crippen LogP contribution in [0.1, 0.15) is 5.56 Å². The molecule has 0 spiro atoms. The van der Waals surface area contributed by atoms with Gasteiger partial charge in [0, 0.05) is 16.5 Å². The molecule has 1 aromatic heterocycles. The second-order valence-electron chi connectivity index (χ2n) is 4.45. The summed E-state index contributed by atoms with van der Waals surface area (Å²) >= 11 is 6.44. The van der Waals surface area contributed by atoms with Gasteiger partial charge in [-0.25, -0.2) is 9.37 Å². The van der Waals surface area contributed by atoms with E-state index in [2.05, 4.69) is 41.8 Å². The highest BCUT2D eigenvalue weighted by Crippen LogP contribution is 2.29. The van der Waals surface area contributed by atoms with E-state index >= 15 is 0 Å². The number of aromatic amines is 1. The molecular formula is C15H9Br2FN2O. The summed E-state index contributed by atoms with van der Waals surface area (Å²) in [7, 11) is 0. The van der Waals surface area contributed by atoms with Crippen LogP contribution in [0, 0.1) is 5.82 Å². The van der Waals surface area contributed by atoms with E-state index in [1.807, 2.05) is 6.07 Å². The zero-order valence-electron chi connectivity index (χ0n) is 10.7. The summed E-state index contributed by atoms with van der Waals surface area (Å²) in [6.45, 7) is 0. The maximum atomic E-state index is 14.2. The molecule has 0 saturated heterocycles. The van der Waals surface area contributed by atoms with Gasteiger partial charge in [-0.15, -0.1) is 0 Å². The number of benzene rings is 2. The summed E-state index contributed by atoms with van der Waals surface area (Å²) in [6.07, 6.45) is 0. The molecule has 0 aliphatic carbocycles. The Kier molecular flexibility index (Phi) is 3.91. The van der Waals surface area contributed by atoms with Crippen LogP contribution < -0.4 is 5.56 Å². The van der Waals surface area contributed by atoms with Gasteiger partial charge in [0.15, 0.2) is 0 Å². The van der Waals surface area contributed by atoms with Crippen molar-refractivity contribution in [1.29, 1.82) is 0 Å². The average Bonchev–Trinajstić information content (AvgIpc) is 2.49. The van der Waals surface area contributed by atoms with Gasteiger partial charge in [-0.2, -0.15) is 0 Å². The normalized spacial score (nSPS) is 11.0. The summed E-state index contributed by atoms with van der Waals surface area (Å²) in [6, 6.07) is 10.4. The monoisotopic (exact) mass is 410 g/mol. The molecule has 3 rings (SSSR count). The summed E-state index contributed by atoms with van der Waals surface area (Å²) in [5.41, 5.74) is 1.36. The Balaban J connectivity index is 2.31. The van der Waals surface area contributed by atoms with Crippen LogP contribution in [0.2, 0.25) is 0 Å². The molecule has 0 aliphatic heterocycles. The number of fused-ring (bicyclic) bond motifs is 1. The minimum absolute atomic E-state index is 0.237. The number of nitrogens with zero attached hydrogens (tertiary/aromatic N) is 1. The molecule has 0 fully saturated rings. The Morgan fingerprint density at radius 1 is 1.19 bits per heavy atom. The molecule has 21 heavy (non-hydrogen) atoms. The molecule has 106 valence electrons. The van der Waals surface area contributed by atoms with Gasteiger partial charge in [0.2, 0.25) is 0 Å². The number of H-pyrrole nitrogens is 1. The van der Waals surface area contributed by atoms with Crippen molar-refractivity contribution in [2.75, 3.05) is 0 Å². The van der Waals surface area contributed by atoms with Crippen molar-refractivity contribution in [3.63, 3.8) is 0 Å². The number of halogens is 3. The number of rotatable bonds is 2. The van der Waals surface area contributed by atoms with Crippen molar-refractivity contribution in [3.05, 3.63) is 62.6 Å². The third-order valence-electron chi connectivity index (χ3n) is 3.20. The molecule has 6 heteroatoms. The molecule has 0 aliphatic rings. The summed E-state index contributed by atoms with van der Waals surface area (Å²) in [4.78, 5) is 19.3. The molecule has 1 heterocycles. The fourth-order valence-corrected chi connectivity index (χ4v) is 3.08. The zero-order valence-corrected chi connectivity index (χ0v) is 13.8. The lowest BCUT2D eigenvalue weighted by Gasteiger charge is -2.09. The van der Waals surface area contributed by atoms with Crippen LogP contribution >= 0.6 is 31.9 Å². The van der Waals surface area contributed by atoms with E-state index < -0.39 is 0 Å². The molecule has 2 aromatic carbocycles. The van der Waals surface area contributed by atoms with Gasteiger partial charge in [0.05, 0.1) is 15.4 Å². The van der Waals surface area contributed by atoms with E-state index in [1.165, 1.54) is 0 Å². The molecule has 0 amide bonds. The SMILES string of the molecule is O=c1[nH]c(-c2ccc(Br)c(F)c2CBr)nc2ccccc12. The first-order valence-electron chi connectivity index (χ1n) is 6.14. The lowest BCUT2D eigenvalue weighted by Crippen LogP contribution is -2.10. The topological polar surface area (TPSA) is 45.8 Å². The first-order valence-corrected chi connectivity index (χ1v) is 8.05. The quantitative estimate of drug-likeness (QED) is 0.635. The fourth-order valence-electron chi connectivity index (χ4n) is 2.16. The number of hydrogen-bond donors (Lipinski definition) is 1. The zero-order chi connectivity index (χ0) is 15.0. The molecule has 3 aromatic rings. The van der Waals surface area contributed by atoms with Crippen LogP contribution in [0.5, 0.6) is 0 Å². The second-order valence-corrected chi connectivity index (χ2v) is 5.87. The molecular weight excluding hydrogens is 403 g/mol. The predicted molar refractivity (Wildman–Crippen MR) is 88.1 cm³/mol. The number of nitrogens with one attached hydrogen (secondary N) is 1. The van der Waals surface area contributed by atoms with Gasteiger partial charge in [-0.1, -0.05) is 28.1 Å². The summed E-state index contributed by atoms with van der Waals surface area (Å²) in [5, 5.41) is 0.837. The van der Waals surface area contributed by atoms with Crippen LogP contribution in [0.4, 0.5) is 4.39 Å². The van der Waals surface area contributed by atoms with Crippen LogP contribution in [-0.2, 0) is 5.33 Å². The van der Waals surface area contributed by atoms with Crippen LogP contribution in [0.15, 0.2) is 45.7 Å². The van der Waals surface area contributed by atoms with E-state index in [1.54, 1.807) is 30.3 Å². The van der Waals surface area contributed by atoms with Crippen molar-refractivity contribution in [1.82, 2.24) is 9.97 Å². The van der Waals surface area contributed by atoms with Crippen molar-refractivity contribution < 1.29 is 4.39 Å². The third kappa shape index (κ3) is 2.53. The molecule has 0 bridgehead atoms. The molecule has 0 atom stereocenters. The van der Waals surface area contributed by atoms with E-state index in [-0.39, 0.29) is 11.4 Å². The lowest BCUT2D eigenvalue weighted by molar-refractivity contribution is 0.611. The van der Waals surface area contributed by atoms with Crippen LogP contribution in [0.3, 0.4) is 0 Å². The van der Waals surface area contributed by atoms with Crippen molar-refractivity contribution in [3.8, 4) is 11.4 Å². The highest BCUT2D eigenvalue weighted by atomic mass is 79.9. The minimum Gasteiger partial charge on any atom is -0.306 e. The van der Waals surface area contributed by atoms with Crippen LogP contribution in [-0.4, -0.2) is 9.97 Å². The Hall–Kier alpha value is -1.53. The molecule has 3 nitrogen and oxygen atoms in total. The number of hydrogen-bond acceptors (Lipinski definition) is 2. The minimum atomic E-state index is -0.361. The molecule has 1 N–H and O–H groups in total. The number of alkyl halides is 1. The Labute approximate surface area is 136 Å². The second kappa shape index (κ2) is 5.69. The van der Waals surface area contributed by atoms with Crippen molar-refractivity contribution in [2.24, 2.45) is 0 Å². The number of para-hydroxylation sites is 1. The van der Waals surface area contributed by atoms with E-state index in [4.69, 9.17) is 0 Å². The first-order chi connectivity index (χ1) is 10.1. The summed E-state index contributed by atoms with van der Waals surface area (Å²) < 4.78 is 14.5. The highest BCUT2D eigenvalue weighted by Gasteiger charge is 2.15. The van der Waals surface area contributed by atoms with Gasteiger partial charge in [-0.3, -0.25) is 4.79 Å². The van der Waals surface area contributed by atoms with E-state index in [0.29, 0.717) is 37.7 Å². The first kappa shape index (κ1) is 14.4. The third-order valence-corrected chi connectivity index (χ3v) is 4.37. The molecule has 0 saturated carbocycles. The lowest BCUT2D eigenvalue weighted by atomic mass is 10.1. The van der Waals surface area contributed by atoms with Gasteiger partial charge in [0.1, 0.15) is 11.6 Å². The Morgan fingerprint density at radius 3 is 2.71 bits per heavy atom. The van der Waals surface area contributed by atoms with Crippen molar-refractivity contribution in [2.45, 2.75) is 5.33 Å². The van der Waals surface area contributed by atoms with E-state index in [0.717, 1.165) is 0 Å². The largest absolute Gasteiger partial charge is 0.306 e. The highest BCUT2D eigenvalue weighted by molar-refractivity contribution is 9.10. The predicted octanol–water partition coefficient (Wildman–Crippen LogP) is 4.39. The maximum Gasteiger partial charge on any atom is 0.259 e. The molecule has 0 radical (unpaired) electrons. The Morgan fingerprint density at radius 2 is 1.95 bits per heavy atom. The van der Waals surface area contributed by atoms with Crippen LogP contribution in [0.25, 0.3) is 22.3 Å². The van der Waals surface area contributed by atoms with Gasteiger partial charge in [-0.05, 0) is 40.2 Å². The van der Waals surface area contributed by atoms with Gasteiger partial charge >= 0.3 is 0 Å². The number of aromatic nitrogens is 2. The smallest absolute Gasteiger partial charge is 0.259 e. The average molecular weight is 412 g/mol. The van der Waals surface area contributed by atoms with Gasteiger partial charge < -0.3 is 4.98 Å². The van der Waals surface area contributed by atoms with Gasteiger partial charge in [0.25, 0.3) is 5.56 Å². The fraction of sp³-hybridized carbons (Fsp3) is 0.0667.